The summed E-state index contributed by atoms with van der Waals surface area (Å²) in [6.45, 7) is 12.4. The monoisotopic (exact) mass is 511 g/mol. The maximum absolute atomic E-state index is 12.6. The topological polar surface area (TPSA) is 120 Å². The summed E-state index contributed by atoms with van der Waals surface area (Å²) in [4.78, 5) is 38.0. The molecule has 0 radical (unpaired) electrons. The van der Waals surface area contributed by atoms with Gasteiger partial charge in [0.2, 0.25) is 0 Å². The SMILES string of the molecule is CC(C)(C)N(C(=O)OCCCC[C@@H](OC(N)=O)C(=O)NCCOc1ccc(CS)cc1)C(C)(C)C. The summed E-state index contributed by atoms with van der Waals surface area (Å²) >= 11 is 4.21. The summed E-state index contributed by atoms with van der Waals surface area (Å²) < 4.78 is 16.0. The molecule has 3 N–H and O–H groups in total. The van der Waals surface area contributed by atoms with Crippen LogP contribution in [0.25, 0.3) is 0 Å². The second-order valence-corrected chi connectivity index (χ2v) is 10.5. The maximum Gasteiger partial charge on any atom is 0.410 e. The van der Waals surface area contributed by atoms with Crippen molar-refractivity contribution in [3.63, 3.8) is 0 Å². The van der Waals surface area contributed by atoms with Gasteiger partial charge in [-0.3, -0.25) is 9.69 Å². The van der Waals surface area contributed by atoms with Crippen LogP contribution in [0, 0.1) is 0 Å². The molecule has 1 aromatic rings. The van der Waals surface area contributed by atoms with Gasteiger partial charge in [-0.25, -0.2) is 9.59 Å². The first-order valence-electron chi connectivity index (χ1n) is 11.8. The Kier molecular flexibility index (Phi) is 12.2. The van der Waals surface area contributed by atoms with Gasteiger partial charge in [0, 0.05) is 16.8 Å². The Morgan fingerprint density at radius 2 is 1.60 bits per heavy atom. The van der Waals surface area contributed by atoms with E-state index in [0.717, 1.165) is 5.56 Å². The molecule has 1 atom stereocenters. The number of hydrogen-bond acceptors (Lipinski definition) is 7. The van der Waals surface area contributed by atoms with Crippen LogP contribution in [0.2, 0.25) is 0 Å². The Bertz CT molecular complexity index is 804. The van der Waals surface area contributed by atoms with Crippen molar-refractivity contribution in [1.29, 1.82) is 0 Å². The summed E-state index contributed by atoms with van der Waals surface area (Å²) in [5, 5.41) is 2.69. The highest BCUT2D eigenvalue weighted by molar-refractivity contribution is 7.79. The van der Waals surface area contributed by atoms with Crippen molar-refractivity contribution in [2.75, 3.05) is 19.8 Å². The number of carbonyl (C=O) groups is 3. The van der Waals surface area contributed by atoms with Crippen LogP contribution in [0.4, 0.5) is 9.59 Å². The van der Waals surface area contributed by atoms with Crippen LogP contribution in [-0.2, 0) is 20.0 Å². The standard InChI is InChI=1S/C25H41N3O6S/c1-24(2,3)28(25(4,5)6)23(31)33-15-8-7-9-20(34-22(26)30)21(29)27-14-16-32-19-12-10-18(17-35)11-13-19/h10-13,20,35H,7-9,14-17H2,1-6H3,(H2,26,30)(H,27,29)/t20-/m1/s1. The third kappa shape index (κ3) is 11.6. The number of ether oxygens (including phenoxy) is 3. The summed E-state index contributed by atoms with van der Waals surface area (Å²) in [6.07, 6.45) is -1.20. The molecule has 0 bridgehead atoms. The Hall–Kier alpha value is -2.62. The van der Waals surface area contributed by atoms with Crippen molar-refractivity contribution >= 4 is 30.7 Å². The van der Waals surface area contributed by atoms with E-state index in [9.17, 15) is 14.4 Å². The summed E-state index contributed by atoms with van der Waals surface area (Å²) in [5.74, 6) is 0.869. The minimum atomic E-state index is -1.03. The summed E-state index contributed by atoms with van der Waals surface area (Å²) in [6, 6.07) is 7.50. The van der Waals surface area contributed by atoms with Crippen LogP contribution < -0.4 is 15.8 Å². The van der Waals surface area contributed by atoms with E-state index in [1.54, 1.807) is 4.90 Å². The van der Waals surface area contributed by atoms with Gasteiger partial charge in [-0.2, -0.15) is 12.6 Å². The van der Waals surface area contributed by atoms with Crippen LogP contribution in [-0.4, -0.2) is 59.9 Å². The van der Waals surface area contributed by atoms with Crippen molar-refractivity contribution in [3.8, 4) is 5.75 Å². The number of nitrogens with two attached hydrogens (primary N) is 1. The predicted molar refractivity (Wildman–Crippen MR) is 139 cm³/mol. The fraction of sp³-hybridized carbons (Fsp3) is 0.640. The minimum Gasteiger partial charge on any atom is -0.492 e. The van der Waals surface area contributed by atoms with Crippen molar-refractivity contribution in [3.05, 3.63) is 29.8 Å². The number of benzene rings is 1. The van der Waals surface area contributed by atoms with E-state index in [4.69, 9.17) is 19.9 Å². The van der Waals surface area contributed by atoms with E-state index in [-0.39, 0.29) is 26.2 Å². The number of thiol groups is 1. The van der Waals surface area contributed by atoms with Gasteiger partial charge < -0.3 is 25.3 Å². The molecular weight excluding hydrogens is 470 g/mol. The number of hydrogen-bond donors (Lipinski definition) is 3. The van der Waals surface area contributed by atoms with Gasteiger partial charge in [-0.05, 0) is 78.5 Å². The predicted octanol–water partition coefficient (Wildman–Crippen LogP) is 4.28. The lowest BCUT2D eigenvalue weighted by Gasteiger charge is -2.44. The normalized spacial score (nSPS) is 12.4. The highest BCUT2D eigenvalue weighted by Gasteiger charge is 2.36. The lowest BCUT2D eigenvalue weighted by atomic mass is 9.97. The zero-order valence-corrected chi connectivity index (χ0v) is 22.7. The number of amides is 3. The maximum atomic E-state index is 12.6. The first kappa shape index (κ1) is 30.4. The fourth-order valence-corrected chi connectivity index (χ4v) is 3.95. The number of nitrogens with zero attached hydrogens (tertiary/aromatic N) is 1. The Morgan fingerprint density at radius 1 is 1.00 bits per heavy atom. The first-order chi connectivity index (χ1) is 16.3. The van der Waals surface area contributed by atoms with Crippen LogP contribution in [0.15, 0.2) is 24.3 Å². The van der Waals surface area contributed by atoms with E-state index >= 15 is 0 Å². The van der Waals surface area contributed by atoms with Gasteiger partial charge in [0.15, 0.2) is 6.10 Å². The molecule has 10 heteroatoms. The van der Waals surface area contributed by atoms with Gasteiger partial charge in [0.25, 0.3) is 5.91 Å². The average Bonchev–Trinajstić information content (AvgIpc) is 2.73. The molecule has 0 aliphatic carbocycles. The highest BCUT2D eigenvalue weighted by atomic mass is 32.1. The van der Waals surface area contributed by atoms with Gasteiger partial charge in [0.05, 0.1) is 13.2 Å². The third-order valence-electron chi connectivity index (χ3n) is 4.94. The second-order valence-electron chi connectivity index (χ2n) is 10.2. The molecule has 198 valence electrons. The lowest BCUT2D eigenvalue weighted by molar-refractivity contribution is -0.129. The van der Waals surface area contributed by atoms with E-state index in [2.05, 4.69) is 17.9 Å². The lowest BCUT2D eigenvalue weighted by Crippen LogP contribution is -2.55. The Balaban J connectivity index is 2.44. The van der Waals surface area contributed by atoms with E-state index < -0.39 is 35.3 Å². The summed E-state index contributed by atoms with van der Waals surface area (Å²) in [5.41, 5.74) is 5.41. The van der Waals surface area contributed by atoms with Crippen molar-refractivity contribution in [1.82, 2.24) is 10.2 Å². The van der Waals surface area contributed by atoms with Crippen molar-refractivity contribution in [2.45, 2.75) is 83.7 Å². The molecule has 35 heavy (non-hydrogen) atoms. The van der Waals surface area contributed by atoms with Crippen molar-refractivity contribution in [2.24, 2.45) is 5.73 Å². The van der Waals surface area contributed by atoms with Crippen LogP contribution in [0.5, 0.6) is 5.75 Å². The number of unbranched alkanes of at least 4 members (excludes halogenated alkanes) is 1. The first-order valence-corrected chi connectivity index (χ1v) is 12.4. The van der Waals surface area contributed by atoms with Crippen molar-refractivity contribution < 1.29 is 28.6 Å². The minimum absolute atomic E-state index is 0.187. The molecule has 0 unspecified atom stereocenters. The molecule has 9 nitrogen and oxygen atoms in total. The van der Waals surface area contributed by atoms with Gasteiger partial charge >= 0.3 is 12.2 Å². The smallest absolute Gasteiger partial charge is 0.410 e. The van der Waals surface area contributed by atoms with E-state index in [0.29, 0.717) is 24.3 Å². The highest BCUT2D eigenvalue weighted by Crippen LogP contribution is 2.25. The summed E-state index contributed by atoms with van der Waals surface area (Å²) in [7, 11) is 0. The molecule has 0 aliphatic heterocycles. The molecule has 0 saturated heterocycles. The van der Waals surface area contributed by atoms with E-state index in [1.165, 1.54) is 0 Å². The van der Waals surface area contributed by atoms with Gasteiger partial charge in [0.1, 0.15) is 12.4 Å². The molecule has 1 rings (SSSR count). The van der Waals surface area contributed by atoms with Gasteiger partial charge in [-0.1, -0.05) is 12.1 Å². The molecular formula is C25H41N3O6S. The average molecular weight is 512 g/mol. The molecule has 0 aromatic heterocycles. The number of primary amides is 1. The van der Waals surface area contributed by atoms with Crippen LogP contribution in [0.1, 0.15) is 66.4 Å². The number of carbonyl (C=O) groups excluding carboxylic acids is 3. The number of nitrogens with one attached hydrogen (secondary N) is 1. The fourth-order valence-electron chi connectivity index (χ4n) is 3.74. The van der Waals surface area contributed by atoms with E-state index in [1.807, 2.05) is 65.8 Å². The Labute approximate surface area is 214 Å². The van der Waals surface area contributed by atoms with Gasteiger partial charge in [-0.15, -0.1) is 0 Å². The number of rotatable bonds is 12. The zero-order valence-electron chi connectivity index (χ0n) is 21.8. The Morgan fingerprint density at radius 3 is 2.11 bits per heavy atom. The zero-order chi connectivity index (χ0) is 26.6. The van der Waals surface area contributed by atoms with Crippen LogP contribution >= 0.6 is 12.6 Å². The third-order valence-corrected chi connectivity index (χ3v) is 5.30. The molecule has 0 fully saturated rings. The molecule has 0 heterocycles. The second kappa shape index (κ2) is 14.1. The quantitative estimate of drug-likeness (QED) is 0.285. The largest absolute Gasteiger partial charge is 0.492 e. The molecule has 0 aliphatic rings. The molecule has 0 spiro atoms. The van der Waals surface area contributed by atoms with Crippen LogP contribution in [0.3, 0.4) is 0 Å². The molecule has 0 saturated carbocycles. The molecule has 3 amide bonds. The molecule has 1 aromatic carbocycles.